The fourth-order valence-electron chi connectivity index (χ4n) is 1.84. The summed E-state index contributed by atoms with van der Waals surface area (Å²) >= 11 is 0. The summed E-state index contributed by atoms with van der Waals surface area (Å²) in [5.74, 6) is 2.78. The van der Waals surface area contributed by atoms with Crippen LogP contribution in [0.5, 0.6) is 17.2 Å². The van der Waals surface area contributed by atoms with E-state index in [0.717, 1.165) is 11.4 Å². The van der Waals surface area contributed by atoms with Crippen molar-refractivity contribution in [1.82, 2.24) is 14.8 Å². The molecule has 19 heavy (non-hydrogen) atoms. The molecule has 0 saturated heterocycles. The van der Waals surface area contributed by atoms with Gasteiger partial charge in [-0.2, -0.15) is 0 Å². The molecule has 1 aliphatic rings. The highest BCUT2D eigenvalue weighted by Crippen LogP contribution is 2.38. The van der Waals surface area contributed by atoms with E-state index in [-0.39, 0.29) is 6.79 Å². The lowest BCUT2D eigenvalue weighted by Crippen LogP contribution is -2.06. The molecule has 7 heteroatoms. The molecule has 0 aliphatic carbocycles. The number of nitrogens with two attached hydrogens (primary N) is 1. The van der Waals surface area contributed by atoms with Gasteiger partial charge in [0.1, 0.15) is 18.7 Å². The van der Waals surface area contributed by atoms with Crippen molar-refractivity contribution in [1.29, 1.82) is 0 Å². The molecule has 2 aromatic rings. The van der Waals surface area contributed by atoms with E-state index in [0.29, 0.717) is 30.4 Å². The number of fused-ring (bicyclic) bond motifs is 1. The van der Waals surface area contributed by atoms with E-state index < -0.39 is 0 Å². The summed E-state index contributed by atoms with van der Waals surface area (Å²) in [5, 5.41) is 7.76. The lowest BCUT2D eigenvalue weighted by molar-refractivity contribution is 0.173. The molecular formula is C12H14N4O3. The topological polar surface area (TPSA) is 84.4 Å². The first kappa shape index (κ1) is 11.8. The Bertz CT molecular complexity index is 597. The number of hydrogen-bond donors (Lipinski definition) is 1. The Labute approximate surface area is 109 Å². The average Bonchev–Trinajstić information content (AvgIpc) is 3.03. The molecular weight excluding hydrogens is 248 g/mol. The molecule has 3 rings (SSSR count). The fourth-order valence-corrected chi connectivity index (χ4v) is 1.84. The van der Waals surface area contributed by atoms with Crippen molar-refractivity contribution in [2.24, 2.45) is 12.8 Å². The van der Waals surface area contributed by atoms with Crippen LogP contribution in [0.4, 0.5) is 0 Å². The van der Waals surface area contributed by atoms with Gasteiger partial charge in [0.05, 0.1) is 0 Å². The Balaban J connectivity index is 1.82. The molecule has 0 unspecified atom stereocenters. The van der Waals surface area contributed by atoms with Crippen molar-refractivity contribution < 1.29 is 14.2 Å². The van der Waals surface area contributed by atoms with Crippen LogP contribution in [-0.4, -0.2) is 21.6 Å². The molecule has 2 N–H and O–H groups in total. The number of benzene rings is 1. The summed E-state index contributed by atoms with van der Waals surface area (Å²) in [6.07, 6.45) is 1.63. The van der Waals surface area contributed by atoms with E-state index in [9.17, 15) is 0 Å². The van der Waals surface area contributed by atoms with Crippen LogP contribution in [0, 0.1) is 0 Å². The number of aryl methyl sites for hydroxylation is 1. The zero-order valence-corrected chi connectivity index (χ0v) is 10.5. The zero-order chi connectivity index (χ0) is 13.2. The lowest BCUT2D eigenvalue weighted by atomic mass is 10.2. The van der Waals surface area contributed by atoms with Gasteiger partial charge in [0.25, 0.3) is 0 Å². The second-order valence-electron chi connectivity index (χ2n) is 4.16. The largest absolute Gasteiger partial charge is 0.485 e. The molecule has 0 radical (unpaired) electrons. The standard InChI is InChI=1S/C12H14N4O3/c1-16-6-14-15-12(16)5-17-9-3-11-10(18-7-19-11)2-8(9)4-13/h2-3,6H,4-5,7,13H2,1H3. The molecule has 0 spiro atoms. The third-order valence-corrected chi connectivity index (χ3v) is 2.94. The minimum Gasteiger partial charge on any atom is -0.485 e. The average molecular weight is 262 g/mol. The maximum absolute atomic E-state index is 5.74. The van der Waals surface area contributed by atoms with Gasteiger partial charge in [-0.25, -0.2) is 0 Å². The molecule has 0 atom stereocenters. The smallest absolute Gasteiger partial charge is 0.231 e. The molecule has 0 amide bonds. The van der Waals surface area contributed by atoms with Gasteiger partial charge >= 0.3 is 0 Å². The number of ether oxygens (including phenoxy) is 3. The van der Waals surface area contributed by atoms with Crippen LogP contribution in [-0.2, 0) is 20.2 Å². The zero-order valence-electron chi connectivity index (χ0n) is 10.5. The van der Waals surface area contributed by atoms with E-state index in [1.165, 1.54) is 0 Å². The van der Waals surface area contributed by atoms with Crippen LogP contribution in [0.1, 0.15) is 11.4 Å². The van der Waals surface area contributed by atoms with Crippen LogP contribution in [0.3, 0.4) is 0 Å². The van der Waals surface area contributed by atoms with Crippen molar-refractivity contribution in [3.05, 3.63) is 29.8 Å². The first-order valence-electron chi connectivity index (χ1n) is 5.86. The highest BCUT2D eigenvalue weighted by atomic mass is 16.7. The summed E-state index contributed by atoms with van der Waals surface area (Å²) in [6.45, 7) is 0.917. The fraction of sp³-hybridized carbons (Fsp3) is 0.333. The maximum atomic E-state index is 5.74. The Hall–Kier alpha value is -2.28. The molecule has 2 heterocycles. The second kappa shape index (κ2) is 4.77. The quantitative estimate of drug-likeness (QED) is 0.867. The Morgan fingerprint density at radius 3 is 2.84 bits per heavy atom. The Morgan fingerprint density at radius 1 is 1.37 bits per heavy atom. The third kappa shape index (κ3) is 2.19. The first-order valence-corrected chi connectivity index (χ1v) is 5.86. The van der Waals surface area contributed by atoms with Crippen molar-refractivity contribution in [2.45, 2.75) is 13.2 Å². The van der Waals surface area contributed by atoms with E-state index in [4.69, 9.17) is 19.9 Å². The van der Waals surface area contributed by atoms with Gasteiger partial charge in [-0.05, 0) is 6.07 Å². The molecule has 1 aromatic carbocycles. The molecule has 1 aromatic heterocycles. The predicted octanol–water partition coefficient (Wildman–Crippen LogP) is 0.581. The highest BCUT2D eigenvalue weighted by Gasteiger charge is 2.17. The van der Waals surface area contributed by atoms with Gasteiger partial charge in [-0.15, -0.1) is 10.2 Å². The molecule has 0 fully saturated rings. The maximum Gasteiger partial charge on any atom is 0.231 e. The summed E-state index contributed by atoms with van der Waals surface area (Å²) < 4.78 is 18.2. The van der Waals surface area contributed by atoms with Crippen molar-refractivity contribution in [3.8, 4) is 17.2 Å². The van der Waals surface area contributed by atoms with Crippen LogP contribution in [0.15, 0.2) is 18.5 Å². The minimum absolute atomic E-state index is 0.228. The van der Waals surface area contributed by atoms with Crippen LogP contribution in [0.25, 0.3) is 0 Å². The molecule has 7 nitrogen and oxygen atoms in total. The monoisotopic (exact) mass is 262 g/mol. The van der Waals surface area contributed by atoms with Crippen molar-refractivity contribution in [3.63, 3.8) is 0 Å². The summed E-state index contributed by atoms with van der Waals surface area (Å²) in [7, 11) is 1.86. The van der Waals surface area contributed by atoms with Crippen LogP contribution in [0.2, 0.25) is 0 Å². The number of nitrogens with zero attached hydrogens (tertiary/aromatic N) is 3. The Morgan fingerprint density at radius 2 is 2.16 bits per heavy atom. The van der Waals surface area contributed by atoms with E-state index in [1.54, 1.807) is 17.0 Å². The summed E-state index contributed by atoms with van der Waals surface area (Å²) in [6, 6.07) is 3.63. The van der Waals surface area contributed by atoms with Gasteiger partial charge < -0.3 is 24.5 Å². The minimum atomic E-state index is 0.228. The molecule has 0 saturated carbocycles. The van der Waals surface area contributed by atoms with E-state index in [2.05, 4.69) is 10.2 Å². The molecule has 100 valence electrons. The van der Waals surface area contributed by atoms with Gasteiger partial charge in [0.15, 0.2) is 17.3 Å². The van der Waals surface area contributed by atoms with Crippen LogP contribution >= 0.6 is 0 Å². The van der Waals surface area contributed by atoms with Gasteiger partial charge in [-0.1, -0.05) is 0 Å². The Kier molecular flexibility index (Phi) is 2.96. The van der Waals surface area contributed by atoms with Crippen LogP contribution < -0.4 is 19.9 Å². The van der Waals surface area contributed by atoms with Crippen molar-refractivity contribution >= 4 is 0 Å². The first-order chi connectivity index (χ1) is 9.28. The third-order valence-electron chi connectivity index (χ3n) is 2.94. The summed E-state index contributed by atoms with van der Waals surface area (Å²) in [5.41, 5.74) is 6.58. The lowest BCUT2D eigenvalue weighted by Gasteiger charge is -2.11. The molecule has 1 aliphatic heterocycles. The van der Waals surface area contributed by atoms with E-state index >= 15 is 0 Å². The second-order valence-corrected chi connectivity index (χ2v) is 4.16. The SMILES string of the molecule is Cn1cnnc1COc1cc2c(cc1CN)OCO2. The van der Waals surface area contributed by atoms with E-state index in [1.807, 2.05) is 13.1 Å². The number of rotatable bonds is 4. The number of hydrogen-bond acceptors (Lipinski definition) is 6. The normalized spacial score (nSPS) is 12.7. The van der Waals surface area contributed by atoms with Gasteiger partial charge in [-0.3, -0.25) is 0 Å². The van der Waals surface area contributed by atoms with Crippen molar-refractivity contribution in [2.75, 3.05) is 6.79 Å². The summed E-state index contributed by atoms with van der Waals surface area (Å²) in [4.78, 5) is 0. The molecule has 0 bridgehead atoms. The van der Waals surface area contributed by atoms with Gasteiger partial charge in [0, 0.05) is 25.2 Å². The number of aromatic nitrogens is 3. The van der Waals surface area contributed by atoms with Gasteiger partial charge in [0.2, 0.25) is 6.79 Å². The predicted molar refractivity (Wildman–Crippen MR) is 65.8 cm³/mol. The highest BCUT2D eigenvalue weighted by molar-refractivity contribution is 5.51.